The first-order chi connectivity index (χ1) is 11.4. The van der Waals surface area contributed by atoms with Crippen LogP contribution in [-0.4, -0.2) is 64.9 Å². The van der Waals surface area contributed by atoms with Crippen molar-refractivity contribution in [3.8, 4) is 0 Å². The van der Waals surface area contributed by atoms with Crippen molar-refractivity contribution in [3.05, 3.63) is 0 Å². The van der Waals surface area contributed by atoms with Gasteiger partial charge in [0.1, 0.15) is 12.1 Å². The minimum atomic E-state index is -1.07. The number of amides is 3. The largest absolute Gasteiger partial charge is 0.481 e. The predicted octanol–water partition coefficient (Wildman–Crippen LogP) is -1.44. The molecule has 2 rings (SSSR count). The molecule has 0 saturated carbocycles. The molecule has 2 saturated heterocycles. The zero-order valence-electron chi connectivity index (χ0n) is 13.5. The van der Waals surface area contributed by atoms with Crippen LogP contribution in [0.5, 0.6) is 0 Å². The van der Waals surface area contributed by atoms with Crippen LogP contribution in [0.25, 0.3) is 0 Å². The number of primary amides is 1. The van der Waals surface area contributed by atoms with E-state index in [1.54, 1.807) is 4.90 Å². The number of nitrogens with two attached hydrogens (primary N) is 1. The number of carboxylic acid groups (broad SMARTS) is 1. The number of hydrogen-bond acceptors (Lipinski definition) is 5. The normalized spacial score (nSPS) is 24.6. The van der Waals surface area contributed by atoms with E-state index >= 15 is 0 Å². The average Bonchev–Trinajstić information content (AvgIpc) is 3.20. The predicted molar refractivity (Wildman–Crippen MR) is 83.8 cm³/mol. The molecule has 2 aliphatic rings. The molecule has 24 heavy (non-hydrogen) atoms. The van der Waals surface area contributed by atoms with E-state index in [-0.39, 0.29) is 24.8 Å². The number of rotatable bonds is 7. The summed E-state index contributed by atoms with van der Waals surface area (Å²) in [5.41, 5.74) is 5.23. The average molecular weight is 340 g/mol. The zero-order chi connectivity index (χ0) is 17.7. The molecular weight excluding hydrogens is 316 g/mol. The van der Waals surface area contributed by atoms with Crippen LogP contribution in [0.15, 0.2) is 0 Å². The second kappa shape index (κ2) is 8.09. The zero-order valence-corrected chi connectivity index (χ0v) is 13.5. The standard InChI is InChI=1S/C15H24N4O5/c16-13(22)9(5-6-12(20)21)18-14(23)11-4-2-8-19(11)15(24)10-3-1-7-17-10/h9-11,17H,1-8H2,(H2,16,22)(H,18,23)(H,20,21)/t9?,10-,11+/m1/s1. The number of nitrogens with one attached hydrogen (secondary N) is 2. The van der Waals surface area contributed by atoms with Gasteiger partial charge >= 0.3 is 5.97 Å². The lowest BCUT2D eigenvalue weighted by Gasteiger charge is -2.27. The Balaban J connectivity index is 1.97. The van der Waals surface area contributed by atoms with E-state index in [2.05, 4.69) is 10.6 Å². The maximum atomic E-state index is 12.5. The summed E-state index contributed by atoms with van der Waals surface area (Å²) >= 11 is 0. The summed E-state index contributed by atoms with van der Waals surface area (Å²) in [5, 5.41) is 14.3. The lowest BCUT2D eigenvalue weighted by Crippen LogP contribution is -2.54. The molecule has 9 nitrogen and oxygen atoms in total. The fourth-order valence-electron chi connectivity index (χ4n) is 3.22. The van der Waals surface area contributed by atoms with Crippen LogP contribution in [-0.2, 0) is 19.2 Å². The lowest BCUT2D eigenvalue weighted by molar-refractivity contribution is -0.140. The molecule has 5 N–H and O–H groups in total. The highest BCUT2D eigenvalue weighted by atomic mass is 16.4. The van der Waals surface area contributed by atoms with Crippen LogP contribution in [0.4, 0.5) is 0 Å². The third-order valence-electron chi connectivity index (χ3n) is 4.50. The molecule has 0 radical (unpaired) electrons. The quantitative estimate of drug-likeness (QED) is 0.447. The fraction of sp³-hybridized carbons (Fsp3) is 0.733. The highest BCUT2D eigenvalue weighted by molar-refractivity contribution is 5.93. The first kappa shape index (κ1) is 18.2. The number of likely N-dealkylation sites (tertiary alicyclic amines) is 1. The van der Waals surface area contributed by atoms with Gasteiger partial charge in [0, 0.05) is 13.0 Å². The number of aliphatic carboxylic acids is 1. The van der Waals surface area contributed by atoms with Crippen molar-refractivity contribution in [2.24, 2.45) is 5.73 Å². The van der Waals surface area contributed by atoms with Crippen LogP contribution >= 0.6 is 0 Å². The van der Waals surface area contributed by atoms with Crippen LogP contribution in [0.2, 0.25) is 0 Å². The molecule has 2 fully saturated rings. The number of carboxylic acids is 1. The highest BCUT2D eigenvalue weighted by Gasteiger charge is 2.38. The molecule has 0 aromatic heterocycles. The third-order valence-corrected chi connectivity index (χ3v) is 4.50. The van der Waals surface area contributed by atoms with E-state index in [1.165, 1.54) is 0 Å². The molecular formula is C15H24N4O5. The molecule has 0 aromatic carbocycles. The van der Waals surface area contributed by atoms with Crippen molar-refractivity contribution < 1.29 is 24.3 Å². The molecule has 0 aliphatic carbocycles. The van der Waals surface area contributed by atoms with Crippen molar-refractivity contribution >= 4 is 23.7 Å². The summed E-state index contributed by atoms with van der Waals surface area (Å²) in [6, 6.07) is -1.93. The second-order valence-electron chi connectivity index (χ2n) is 6.23. The van der Waals surface area contributed by atoms with Gasteiger partial charge in [0.05, 0.1) is 6.04 Å². The maximum Gasteiger partial charge on any atom is 0.303 e. The van der Waals surface area contributed by atoms with Gasteiger partial charge in [0.25, 0.3) is 0 Å². The first-order valence-corrected chi connectivity index (χ1v) is 8.25. The van der Waals surface area contributed by atoms with Crippen LogP contribution in [0.3, 0.4) is 0 Å². The third kappa shape index (κ3) is 4.44. The summed E-state index contributed by atoms with van der Waals surface area (Å²) in [6.45, 7) is 1.30. The molecule has 0 aromatic rings. The van der Waals surface area contributed by atoms with Crippen molar-refractivity contribution in [1.82, 2.24) is 15.5 Å². The topological polar surface area (TPSA) is 142 Å². The van der Waals surface area contributed by atoms with Crippen molar-refractivity contribution in [2.45, 2.75) is 56.7 Å². The smallest absolute Gasteiger partial charge is 0.303 e. The number of hydrogen-bond donors (Lipinski definition) is 4. The Bertz CT molecular complexity index is 518. The summed E-state index contributed by atoms with van der Waals surface area (Å²) < 4.78 is 0. The Hall–Kier alpha value is -2.16. The Labute approximate surface area is 139 Å². The SMILES string of the molecule is NC(=O)C(CCC(=O)O)NC(=O)[C@@H]1CCCN1C(=O)[C@H]1CCCN1. The molecule has 3 amide bonds. The van der Waals surface area contributed by atoms with Gasteiger partial charge < -0.3 is 26.4 Å². The molecule has 2 aliphatic heterocycles. The number of nitrogens with zero attached hydrogens (tertiary/aromatic N) is 1. The molecule has 0 spiro atoms. The Kier molecular flexibility index (Phi) is 6.13. The molecule has 1 unspecified atom stereocenters. The second-order valence-corrected chi connectivity index (χ2v) is 6.23. The Morgan fingerprint density at radius 2 is 2.00 bits per heavy atom. The van der Waals surface area contributed by atoms with E-state index in [4.69, 9.17) is 10.8 Å². The summed E-state index contributed by atoms with van der Waals surface area (Å²) in [4.78, 5) is 48.6. The van der Waals surface area contributed by atoms with Gasteiger partial charge in [-0.15, -0.1) is 0 Å². The molecule has 3 atom stereocenters. The summed E-state index contributed by atoms with van der Waals surface area (Å²) in [7, 11) is 0. The van der Waals surface area contributed by atoms with Crippen LogP contribution < -0.4 is 16.4 Å². The van der Waals surface area contributed by atoms with Crippen molar-refractivity contribution in [2.75, 3.05) is 13.1 Å². The molecule has 134 valence electrons. The summed E-state index contributed by atoms with van der Waals surface area (Å²) in [6.07, 6.45) is 2.59. The van der Waals surface area contributed by atoms with Gasteiger partial charge in [-0.05, 0) is 38.6 Å². The van der Waals surface area contributed by atoms with E-state index in [0.29, 0.717) is 19.4 Å². The molecule has 9 heteroatoms. The van der Waals surface area contributed by atoms with Gasteiger partial charge in [0.15, 0.2) is 0 Å². The van der Waals surface area contributed by atoms with E-state index < -0.39 is 29.9 Å². The number of carbonyl (C=O) groups is 4. The minimum Gasteiger partial charge on any atom is -0.481 e. The Morgan fingerprint density at radius 1 is 1.25 bits per heavy atom. The van der Waals surface area contributed by atoms with Gasteiger partial charge in [-0.25, -0.2) is 0 Å². The van der Waals surface area contributed by atoms with E-state index in [0.717, 1.165) is 19.4 Å². The van der Waals surface area contributed by atoms with E-state index in [9.17, 15) is 19.2 Å². The summed E-state index contributed by atoms with van der Waals surface area (Å²) in [5.74, 6) is -2.39. The minimum absolute atomic E-state index is 0.0682. The van der Waals surface area contributed by atoms with E-state index in [1.807, 2.05) is 0 Å². The van der Waals surface area contributed by atoms with Gasteiger partial charge in [-0.3, -0.25) is 19.2 Å². The first-order valence-electron chi connectivity index (χ1n) is 8.25. The lowest BCUT2D eigenvalue weighted by atomic mass is 10.1. The van der Waals surface area contributed by atoms with Crippen LogP contribution in [0.1, 0.15) is 38.5 Å². The monoisotopic (exact) mass is 340 g/mol. The number of carbonyl (C=O) groups excluding carboxylic acids is 3. The van der Waals surface area contributed by atoms with Crippen molar-refractivity contribution in [3.63, 3.8) is 0 Å². The van der Waals surface area contributed by atoms with Gasteiger partial charge in [-0.2, -0.15) is 0 Å². The van der Waals surface area contributed by atoms with Gasteiger partial charge in [-0.1, -0.05) is 0 Å². The fourth-order valence-corrected chi connectivity index (χ4v) is 3.22. The highest BCUT2D eigenvalue weighted by Crippen LogP contribution is 2.21. The molecule has 2 heterocycles. The van der Waals surface area contributed by atoms with Crippen LogP contribution in [0, 0.1) is 0 Å². The maximum absolute atomic E-state index is 12.5. The van der Waals surface area contributed by atoms with Gasteiger partial charge in [0.2, 0.25) is 17.7 Å². The molecule has 0 bridgehead atoms. The van der Waals surface area contributed by atoms with Crippen molar-refractivity contribution in [1.29, 1.82) is 0 Å². The Morgan fingerprint density at radius 3 is 2.58 bits per heavy atom.